The molecular weight excluding hydrogens is 402 g/mol. The fourth-order valence-electron chi connectivity index (χ4n) is 6.84. The molecule has 2 aliphatic heterocycles. The summed E-state index contributed by atoms with van der Waals surface area (Å²) in [5, 5.41) is 3.29. The number of ketones is 1. The molecule has 2 saturated heterocycles. The Morgan fingerprint density at radius 3 is 2.31 bits per heavy atom. The second-order valence-corrected chi connectivity index (χ2v) is 11.6. The maximum atomic E-state index is 14.1. The van der Waals surface area contributed by atoms with Crippen LogP contribution in [0.1, 0.15) is 80.6 Å². The second kappa shape index (κ2) is 8.39. The number of hydrogen-bond donors (Lipinski definition) is 1. The van der Waals surface area contributed by atoms with Crippen LogP contribution in [-0.2, 0) is 19.1 Å². The summed E-state index contributed by atoms with van der Waals surface area (Å²) in [6.45, 7) is 14.7. The van der Waals surface area contributed by atoms with Crippen LogP contribution in [-0.4, -0.2) is 35.7 Å². The predicted molar refractivity (Wildman–Crippen MR) is 125 cm³/mol. The Hall–Kier alpha value is -1.46. The molecule has 0 aromatic carbocycles. The topological polar surface area (TPSA) is 64.6 Å². The van der Waals surface area contributed by atoms with Crippen molar-refractivity contribution in [3.8, 4) is 0 Å². The van der Waals surface area contributed by atoms with Crippen LogP contribution in [0.5, 0.6) is 0 Å². The summed E-state index contributed by atoms with van der Waals surface area (Å²) in [7, 11) is 0. The summed E-state index contributed by atoms with van der Waals surface area (Å²) in [4.78, 5) is 27.9. The maximum Gasteiger partial charge on any atom is 0.235 e. The molecule has 5 heteroatoms. The van der Waals surface area contributed by atoms with Crippen molar-refractivity contribution in [3.05, 3.63) is 23.3 Å². The van der Waals surface area contributed by atoms with Crippen LogP contribution < -0.4 is 5.32 Å². The van der Waals surface area contributed by atoms with E-state index >= 15 is 0 Å². The molecule has 1 N–H and O–H groups in total. The number of nitrogens with one attached hydrogen (secondary N) is 1. The van der Waals surface area contributed by atoms with Crippen molar-refractivity contribution in [2.75, 3.05) is 0 Å². The minimum atomic E-state index is -1.02. The van der Waals surface area contributed by atoms with Crippen LogP contribution in [0.4, 0.5) is 0 Å². The summed E-state index contributed by atoms with van der Waals surface area (Å²) in [5.41, 5.74) is 1.49. The minimum Gasteiger partial charge on any atom is -0.352 e. The van der Waals surface area contributed by atoms with Gasteiger partial charge in [0.15, 0.2) is 5.79 Å². The van der Waals surface area contributed by atoms with E-state index < -0.39 is 11.2 Å². The number of carbonyl (C=O) groups is 2. The van der Waals surface area contributed by atoms with E-state index in [4.69, 9.17) is 9.47 Å². The van der Waals surface area contributed by atoms with E-state index in [1.165, 1.54) is 11.1 Å². The molecule has 0 aromatic heterocycles. The number of fused-ring (bicyclic) bond motifs is 1. The number of carbonyl (C=O) groups excluding carboxylic acids is 2. The number of allylic oxidation sites excluding steroid dienone is 4. The molecule has 1 spiro atoms. The molecule has 0 bridgehead atoms. The monoisotopic (exact) mass is 443 g/mol. The van der Waals surface area contributed by atoms with E-state index in [0.29, 0.717) is 18.8 Å². The first kappa shape index (κ1) is 23.7. The second-order valence-electron chi connectivity index (χ2n) is 11.6. The Kier molecular flexibility index (Phi) is 6.21. The first-order valence-corrected chi connectivity index (χ1v) is 12.5. The normalized spacial score (nSPS) is 43.4. The molecule has 32 heavy (non-hydrogen) atoms. The van der Waals surface area contributed by atoms with Crippen molar-refractivity contribution < 1.29 is 19.1 Å². The van der Waals surface area contributed by atoms with Crippen molar-refractivity contribution in [3.63, 3.8) is 0 Å². The molecule has 178 valence electrons. The molecule has 4 rings (SSSR count). The van der Waals surface area contributed by atoms with Gasteiger partial charge in [0.2, 0.25) is 5.91 Å². The maximum absolute atomic E-state index is 14.1. The summed E-state index contributed by atoms with van der Waals surface area (Å²) in [6, 6.07) is 0.0316. The highest BCUT2D eigenvalue weighted by atomic mass is 16.7. The summed E-state index contributed by atoms with van der Waals surface area (Å²) in [5.74, 6) is -0.186. The average Bonchev–Trinajstić information content (AvgIpc) is 3.14. The van der Waals surface area contributed by atoms with E-state index in [1.807, 2.05) is 13.8 Å². The SMILES string of the molecule is CC1=C[C@@H]2/C=C(\C)CC[C@H]3OC(C)(C)O[C@@H]3CCC(=O)[C@]23C(=O)N[C@@H](CC(C)C)[C@H]3[C@@H]1C. The highest BCUT2D eigenvalue weighted by molar-refractivity contribution is 6.09. The third-order valence-electron chi connectivity index (χ3n) is 8.29. The lowest BCUT2D eigenvalue weighted by atomic mass is 9.54. The molecule has 0 aromatic rings. The van der Waals surface area contributed by atoms with Gasteiger partial charge in [-0.05, 0) is 65.2 Å². The van der Waals surface area contributed by atoms with Crippen LogP contribution in [0.15, 0.2) is 23.3 Å². The van der Waals surface area contributed by atoms with E-state index in [2.05, 4.69) is 52.1 Å². The first-order valence-electron chi connectivity index (χ1n) is 12.5. The molecule has 7 atom stereocenters. The van der Waals surface area contributed by atoms with Crippen molar-refractivity contribution in [2.45, 2.75) is 105 Å². The van der Waals surface area contributed by atoms with Crippen LogP contribution >= 0.6 is 0 Å². The molecule has 2 fully saturated rings. The molecular formula is C27H41NO4. The third kappa shape index (κ3) is 3.90. The van der Waals surface area contributed by atoms with E-state index in [0.717, 1.165) is 19.3 Å². The van der Waals surface area contributed by atoms with E-state index in [9.17, 15) is 9.59 Å². The fourth-order valence-corrected chi connectivity index (χ4v) is 6.84. The molecule has 5 nitrogen and oxygen atoms in total. The van der Waals surface area contributed by atoms with Gasteiger partial charge in [0, 0.05) is 24.3 Å². The Morgan fingerprint density at radius 2 is 1.69 bits per heavy atom. The summed E-state index contributed by atoms with van der Waals surface area (Å²) in [6.07, 6.45) is 7.89. The zero-order valence-electron chi connectivity index (χ0n) is 20.9. The van der Waals surface area contributed by atoms with Crippen molar-refractivity contribution in [2.24, 2.45) is 29.1 Å². The van der Waals surface area contributed by atoms with Gasteiger partial charge in [-0.3, -0.25) is 9.59 Å². The fraction of sp³-hybridized carbons (Fsp3) is 0.778. The largest absolute Gasteiger partial charge is 0.352 e. The van der Waals surface area contributed by atoms with Gasteiger partial charge in [0.1, 0.15) is 11.2 Å². The molecule has 2 heterocycles. The highest BCUT2D eigenvalue weighted by Gasteiger charge is 2.65. The van der Waals surface area contributed by atoms with Crippen molar-refractivity contribution >= 4 is 11.7 Å². The Balaban J connectivity index is 1.78. The van der Waals surface area contributed by atoms with Gasteiger partial charge in [-0.25, -0.2) is 0 Å². The quantitative estimate of drug-likeness (QED) is 0.484. The highest BCUT2D eigenvalue weighted by Crippen LogP contribution is 2.55. The van der Waals surface area contributed by atoms with Crippen molar-refractivity contribution in [1.29, 1.82) is 0 Å². The zero-order chi connectivity index (χ0) is 23.4. The number of hydrogen-bond acceptors (Lipinski definition) is 4. The minimum absolute atomic E-state index is 0.0160. The third-order valence-corrected chi connectivity index (χ3v) is 8.29. The van der Waals surface area contributed by atoms with E-state index in [1.54, 1.807) is 0 Å². The zero-order valence-corrected chi connectivity index (χ0v) is 20.9. The molecule has 0 saturated carbocycles. The van der Waals surface area contributed by atoms with Gasteiger partial charge >= 0.3 is 0 Å². The number of amides is 1. The first-order chi connectivity index (χ1) is 15.0. The summed E-state index contributed by atoms with van der Waals surface area (Å²) >= 11 is 0. The lowest BCUT2D eigenvalue weighted by Crippen LogP contribution is -2.52. The average molecular weight is 444 g/mol. The number of Topliss-reactive ketones (excluding diaryl/α,β-unsaturated/α-hetero) is 1. The molecule has 0 radical (unpaired) electrons. The predicted octanol–water partition coefficient (Wildman–Crippen LogP) is 4.96. The Labute approximate surface area is 193 Å². The van der Waals surface area contributed by atoms with Crippen LogP contribution in [0.2, 0.25) is 0 Å². The van der Waals surface area contributed by atoms with Gasteiger partial charge in [-0.1, -0.05) is 44.1 Å². The lowest BCUT2D eigenvalue weighted by Gasteiger charge is -2.45. The number of rotatable bonds is 2. The Bertz CT molecular complexity index is 841. The van der Waals surface area contributed by atoms with Gasteiger partial charge < -0.3 is 14.8 Å². The molecule has 2 aliphatic carbocycles. The van der Waals surface area contributed by atoms with Crippen LogP contribution in [0.25, 0.3) is 0 Å². The van der Waals surface area contributed by atoms with Gasteiger partial charge in [-0.15, -0.1) is 0 Å². The van der Waals surface area contributed by atoms with Crippen molar-refractivity contribution in [1.82, 2.24) is 5.32 Å². The summed E-state index contributed by atoms with van der Waals surface area (Å²) < 4.78 is 12.4. The molecule has 0 unspecified atom stereocenters. The standard InChI is InChI=1S/C27H41NO4/c1-15(2)12-20-24-18(5)17(4)14-19-13-16(3)8-9-21-22(32-26(6,7)31-21)10-11-23(29)27(19,24)25(30)28-20/h13-15,18-22,24H,8-12H2,1-7H3,(H,28,30)/b16-13+/t18-,19+,20+,21-,22-,24-,27-/m1/s1. The van der Waals surface area contributed by atoms with Gasteiger partial charge in [0.05, 0.1) is 12.2 Å². The van der Waals surface area contributed by atoms with Crippen LogP contribution in [0, 0.1) is 29.1 Å². The number of ether oxygens (including phenoxy) is 2. The molecule has 1 amide bonds. The van der Waals surface area contributed by atoms with Gasteiger partial charge in [0.25, 0.3) is 0 Å². The van der Waals surface area contributed by atoms with Gasteiger partial charge in [-0.2, -0.15) is 0 Å². The molecule has 4 aliphatic rings. The van der Waals surface area contributed by atoms with E-state index in [-0.39, 0.29) is 47.7 Å². The lowest BCUT2D eigenvalue weighted by molar-refractivity contribution is -0.151. The van der Waals surface area contributed by atoms with Crippen LogP contribution in [0.3, 0.4) is 0 Å². The Morgan fingerprint density at radius 1 is 1.06 bits per heavy atom. The smallest absolute Gasteiger partial charge is 0.235 e.